The van der Waals surface area contributed by atoms with E-state index in [2.05, 4.69) is 86.2 Å². The molecule has 4 nitrogen and oxygen atoms in total. The van der Waals surface area contributed by atoms with Crippen LogP contribution in [-0.4, -0.2) is 30.1 Å². The standard InChI is InChI=1S/C35H43FN4/c1-7-24-10-9-11-25(8-2)30(24)19-26-15-17-40(35-23(5)18-27(20-39-35)22(3)4)21-31(26)33(37-6)28-12-13-32(36)34-29(28)14-16-38-34/h9-12,14,16,18-20,22,32,37-38H,7-8,13,15,17,21H2,1-6H3/b26-19-,33-31-. The van der Waals surface area contributed by atoms with E-state index in [0.29, 0.717) is 18.0 Å². The summed E-state index contributed by atoms with van der Waals surface area (Å²) in [7, 11) is 1.99. The highest BCUT2D eigenvalue weighted by molar-refractivity contribution is 5.84. The third kappa shape index (κ3) is 5.26. The molecule has 3 heterocycles. The Morgan fingerprint density at radius 2 is 1.95 bits per heavy atom. The first-order valence-electron chi connectivity index (χ1n) is 14.8. The van der Waals surface area contributed by atoms with Crippen LogP contribution in [0.1, 0.15) is 91.7 Å². The third-order valence-electron chi connectivity index (χ3n) is 8.53. The van der Waals surface area contributed by atoms with Gasteiger partial charge in [-0.2, -0.15) is 0 Å². The molecule has 1 aromatic carbocycles. The molecule has 1 fully saturated rings. The molecule has 0 bridgehead atoms. The minimum atomic E-state index is -0.996. The summed E-state index contributed by atoms with van der Waals surface area (Å²) in [6.45, 7) is 12.7. The lowest BCUT2D eigenvalue weighted by atomic mass is 9.85. The Labute approximate surface area is 239 Å². The van der Waals surface area contributed by atoms with Gasteiger partial charge in [-0.3, -0.25) is 0 Å². The Hall–Kier alpha value is -3.60. The molecule has 2 N–H and O–H groups in total. The number of allylic oxidation sites excluding steroid dienone is 2. The van der Waals surface area contributed by atoms with E-state index in [4.69, 9.17) is 4.98 Å². The second-order valence-electron chi connectivity index (χ2n) is 11.3. The number of nitrogens with one attached hydrogen (secondary N) is 2. The van der Waals surface area contributed by atoms with Gasteiger partial charge in [-0.05, 0) is 77.1 Å². The van der Waals surface area contributed by atoms with Crippen LogP contribution in [0.25, 0.3) is 11.6 Å². The van der Waals surface area contributed by atoms with E-state index in [-0.39, 0.29) is 0 Å². The number of fused-ring (bicyclic) bond motifs is 1. The second kappa shape index (κ2) is 11.9. The van der Waals surface area contributed by atoms with Crippen LogP contribution in [0.4, 0.5) is 10.2 Å². The fourth-order valence-electron chi connectivity index (χ4n) is 6.25. The van der Waals surface area contributed by atoms with Gasteiger partial charge in [-0.25, -0.2) is 9.37 Å². The molecule has 5 rings (SSSR count). The van der Waals surface area contributed by atoms with Crippen molar-refractivity contribution in [1.82, 2.24) is 15.3 Å². The fourth-order valence-corrected chi connectivity index (χ4v) is 6.25. The maximum absolute atomic E-state index is 14.8. The smallest absolute Gasteiger partial charge is 0.144 e. The van der Waals surface area contributed by atoms with Gasteiger partial charge < -0.3 is 15.2 Å². The van der Waals surface area contributed by atoms with Crippen molar-refractivity contribution in [2.24, 2.45) is 0 Å². The Morgan fingerprint density at radius 1 is 1.20 bits per heavy atom. The lowest BCUT2D eigenvalue weighted by molar-refractivity contribution is 0.337. The molecule has 0 radical (unpaired) electrons. The van der Waals surface area contributed by atoms with E-state index >= 15 is 0 Å². The van der Waals surface area contributed by atoms with E-state index < -0.39 is 6.17 Å². The number of rotatable bonds is 7. The third-order valence-corrected chi connectivity index (χ3v) is 8.53. The molecule has 0 saturated carbocycles. The fraction of sp³-hybridized carbons (Fsp3) is 0.400. The molecule has 1 saturated heterocycles. The predicted molar refractivity (Wildman–Crippen MR) is 166 cm³/mol. The number of nitrogens with zero attached hydrogens (tertiary/aromatic N) is 2. The van der Waals surface area contributed by atoms with Crippen molar-refractivity contribution in [3.8, 4) is 0 Å². The highest BCUT2D eigenvalue weighted by atomic mass is 19.1. The van der Waals surface area contributed by atoms with Gasteiger partial charge >= 0.3 is 0 Å². The molecule has 5 heteroatoms. The van der Waals surface area contributed by atoms with Crippen molar-refractivity contribution in [1.29, 1.82) is 0 Å². The van der Waals surface area contributed by atoms with Crippen molar-refractivity contribution in [2.75, 3.05) is 25.0 Å². The van der Waals surface area contributed by atoms with Crippen LogP contribution in [0, 0.1) is 6.92 Å². The molecule has 0 spiro atoms. The first-order valence-corrected chi connectivity index (χ1v) is 14.8. The molecule has 1 aliphatic heterocycles. The zero-order chi connectivity index (χ0) is 28.4. The van der Waals surface area contributed by atoms with Gasteiger partial charge in [-0.15, -0.1) is 0 Å². The van der Waals surface area contributed by atoms with Crippen LogP contribution in [0.3, 0.4) is 0 Å². The van der Waals surface area contributed by atoms with Crippen molar-refractivity contribution in [3.05, 3.63) is 105 Å². The first-order chi connectivity index (χ1) is 19.4. The van der Waals surface area contributed by atoms with E-state index in [0.717, 1.165) is 55.0 Å². The number of benzene rings is 1. The van der Waals surface area contributed by atoms with Gasteiger partial charge in [0.25, 0.3) is 0 Å². The van der Waals surface area contributed by atoms with Gasteiger partial charge in [-0.1, -0.05) is 64.1 Å². The number of H-pyrrole nitrogens is 1. The molecule has 1 unspecified atom stereocenters. The van der Waals surface area contributed by atoms with E-state index in [1.807, 2.05) is 25.5 Å². The Kier molecular flexibility index (Phi) is 8.30. The molecular formula is C35H43FN4. The van der Waals surface area contributed by atoms with Crippen molar-refractivity contribution >= 4 is 17.5 Å². The van der Waals surface area contributed by atoms with Crippen LogP contribution < -0.4 is 10.2 Å². The van der Waals surface area contributed by atoms with Crippen LogP contribution in [0.15, 0.2) is 65.6 Å². The normalized spacial score (nSPS) is 19.6. The Balaban J connectivity index is 1.66. The maximum Gasteiger partial charge on any atom is 0.144 e. The van der Waals surface area contributed by atoms with Crippen LogP contribution in [0.2, 0.25) is 0 Å². The molecule has 40 heavy (non-hydrogen) atoms. The molecule has 3 aromatic rings. The maximum atomic E-state index is 14.8. The average Bonchev–Trinajstić information content (AvgIpc) is 3.46. The minimum absolute atomic E-state index is 0.375. The van der Waals surface area contributed by atoms with E-state index in [1.165, 1.54) is 39.0 Å². The lowest BCUT2D eigenvalue weighted by Gasteiger charge is -2.35. The molecule has 2 aliphatic rings. The van der Waals surface area contributed by atoms with Crippen LogP contribution >= 0.6 is 0 Å². The van der Waals surface area contributed by atoms with E-state index in [1.54, 1.807) is 0 Å². The van der Waals surface area contributed by atoms with Gasteiger partial charge in [0.05, 0.1) is 5.69 Å². The number of anilines is 1. The molecular weight excluding hydrogens is 495 g/mol. The monoisotopic (exact) mass is 538 g/mol. The molecule has 2 aromatic heterocycles. The minimum Gasteiger partial charge on any atom is -0.387 e. The number of aromatic amines is 1. The quantitative estimate of drug-likeness (QED) is 0.318. The van der Waals surface area contributed by atoms with Gasteiger partial charge in [0.2, 0.25) is 0 Å². The number of piperidine rings is 1. The van der Waals surface area contributed by atoms with Gasteiger partial charge in [0.15, 0.2) is 0 Å². The summed E-state index contributed by atoms with van der Waals surface area (Å²) in [5.74, 6) is 1.49. The Bertz CT molecular complexity index is 1450. The second-order valence-corrected chi connectivity index (χ2v) is 11.3. The summed E-state index contributed by atoms with van der Waals surface area (Å²) in [5.41, 5.74) is 13.0. The Morgan fingerprint density at radius 3 is 2.60 bits per heavy atom. The highest BCUT2D eigenvalue weighted by Gasteiger charge is 2.29. The number of hydrogen-bond acceptors (Lipinski definition) is 3. The van der Waals surface area contributed by atoms with Gasteiger partial charge in [0.1, 0.15) is 12.0 Å². The lowest BCUT2D eigenvalue weighted by Crippen LogP contribution is -2.35. The number of hydrogen-bond donors (Lipinski definition) is 2. The summed E-state index contributed by atoms with van der Waals surface area (Å²) in [4.78, 5) is 10.5. The molecule has 1 atom stereocenters. The highest BCUT2D eigenvalue weighted by Crippen LogP contribution is 2.41. The van der Waals surface area contributed by atoms with Crippen molar-refractivity contribution in [3.63, 3.8) is 0 Å². The van der Waals surface area contributed by atoms with Crippen LogP contribution in [-0.2, 0) is 12.8 Å². The SMILES string of the molecule is CCc1cccc(CC)c1/C=C1/CCN(c2ncc(C(C)C)cc2C)C/C1=C(/NC)C1=CCC(F)c2[nH]ccc21. The average molecular weight is 539 g/mol. The topological polar surface area (TPSA) is 44.0 Å². The zero-order valence-electron chi connectivity index (χ0n) is 24.9. The first kappa shape index (κ1) is 27.9. The molecule has 0 amide bonds. The largest absolute Gasteiger partial charge is 0.387 e. The summed E-state index contributed by atoms with van der Waals surface area (Å²) < 4.78 is 14.8. The number of halogens is 1. The van der Waals surface area contributed by atoms with Crippen molar-refractivity contribution < 1.29 is 4.39 Å². The summed E-state index contributed by atoms with van der Waals surface area (Å²) in [6, 6.07) is 11.0. The summed E-state index contributed by atoms with van der Waals surface area (Å²) in [5, 5.41) is 3.56. The van der Waals surface area contributed by atoms with Crippen LogP contribution in [0.5, 0.6) is 0 Å². The molecule has 1 aliphatic carbocycles. The number of aryl methyl sites for hydroxylation is 3. The van der Waals surface area contributed by atoms with Gasteiger partial charge in [0, 0.05) is 55.8 Å². The predicted octanol–water partition coefficient (Wildman–Crippen LogP) is 8.23. The number of alkyl halides is 1. The zero-order valence-corrected chi connectivity index (χ0v) is 24.9. The molecule has 210 valence electrons. The summed E-state index contributed by atoms with van der Waals surface area (Å²) >= 11 is 0. The number of likely N-dealkylation sites (N-methyl/N-ethyl adjacent to an activating group) is 1. The number of pyridine rings is 1. The van der Waals surface area contributed by atoms with E-state index in [9.17, 15) is 4.39 Å². The van der Waals surface area contributed by atoms with Crippen molar-refractivity contribution in [2.45, 2.75) is 72.4 Å². The number of aromatic nitrogens is 2. The summed E-state index contributed by atoms with van der Waals surface area (Å²) in [6.07, 6.45) is 10.7.